The van der Waals surface area contributed by atoms with Gasteiger partial charge in [0.05, 0.1) is 6.33 Å². The minimum atomic E-state index is -0.266. The van der Waals surface area contributed by atoms with E-state index in [4.69, 9.17) is 5.73 Å². The van der Waals surface area contributed by atoms with E-state index in [2.05, 4.69) is 34.0 Å². The van der Waals surface area contributed by atoms with Crippen LogP contribution in [0.25, 0.3) is 0 Å². The molecule has 0 saturated carbocycles. The molecule has 0 spiro atoms. The molecule has 1 atom stereocenters. The maximum atomic E-state index is 11.6. The Kier molecular flexibility index (Phi) is 4.42. The first-order valence-electron chi connectivity index (χ1n) is 6.89. The van der Waals surface area contributed by atoms with Crippen molar-refractivity contribution in [1.29, 1.82) is 0 Å². The lowest BCUT2D eigenvalue weighted by Crippen LogP contribution is -2.40. The molecule has 0 bridgehead atoms. The number of aromatic nitrogens is 2. The molecule has 1 unspecified atom stereocenters. The second-order valence-corrected chi connectivity index (χ2v) is 5.56. The van der Waals surface area contributed by atoms with Gasteiger partial charge in [0.15, 0.2) is 5.82 Å². The van der Waals surface area contributed by atoms with Gasteiger partial charge in [0, 0.05) is 19.1 Å². The Morgan fingerprint density at radius 1 is 1.58 bits per heavy atom. The normalized spacial score (nSPS) is 19.0. The molecule has 106 valence electrons. The third-order valence-corrected chi connectivity index (χ3v) is 3.36. The maximum Gasteiger partial charge on any atom is 0.276 e. The van der Waals surface area contributed by atoms with Crippen LogP contribution in [0.1, 0.15) is 26.7 Å². The molecule has 1 saturated heterocycles. The summed E-state index contributed by atoms with van der Waals surface area (Å²) in [5.41, 5.74) is 5.81. The van der Waals surface area contributed by atoms with Crippen LogP contribution in [0.4, 0.5) is 11.5 Å². The number of anilines is 2. The number of nitrogens with two attached hydrogens (primary N) is 1. The predicted molar refractivity (Wildman–Crippen MR) is 77.3 cm³/mol. The molecule has 2 rings (SSSR count). The van der Waals surface area contributed by atoms with Gasteiger partial charge >= 0.3 is 0 Å². The van der Waals surface area contributed by atoms with Crippen molar-refractivity contribution in [3.8, 4) is 0 Å². The number of hydrogen-bond acceptors (Lipinski definition) is 5. The van der Waals surface area contributed by atoms with E-state index in [-0.39, 0.29) is 11.2 Å². The van der Waals surface area contributed by atoms with Gasteiger partial charge in [-0.3, -0.25) is 4.79 Å². The number of H-pyrrole nitrogens is 1. The van der Waals surface area contributed by atoms with Crippen LogP contribution in [0.15, 0.2) is 11.1 Å². The quantitative estimate of drug-likeness (QED) is 0.724. The molecular weight excluding hydrogens is 242 g/mol. The second kappa shape index (κ2) is 6.06. The summed E-state index contributed by atoms with van der Waals surface area (Å²) in [6.45, 7) is 7.06. The Morgan fingerprint density at radius 2 is 2.37 bits per heavy atom. The molecule has 0 aromatic carbocycles. The van der Waals surface area contributed by atoms with Crippen molar-refractivity contribution in [3.05, 3.63) is 16.7 Å². The molecule has 0 radical (unpaired) electrons. The Morgan fingerprint density at radius 3 is 3.00 bits per heavy atom. The van der Waals surface area contributed by atoms with Crippen LogP contribution in [0.2, 0.25) is 0 Å². The van der Waals surface area contributed by atoms with Crippen LogP contribution in [0.3, 0.4) is 0 Å². The van der Waals surface area contributed by atoms with E-state index >= 15 is 0 Å². The van der Waals surface area contributed by atoms with Crippen LogP contribution in [0.5, 0.6) is 0 Å². The molecule has 1 aromatic rings. The molecule has 6 nitrogen and oxygen atoms in total. The van der Waals surface area contributed by atoms with Gasteiger partial charge in [0.2, 0.25) is 0 Å². The highest BCUT2D eigenvalue weighted by molar-refractivity contribution is 5.60. The Bertz CT molecular complexity index is 464. The van der Waals surface area contributed by atoms with Gasteiger partial charge in [0.25, 0.3) is 5.56 Å². The van der Waals surface area contributed by atoms with E-state index in [1.165, 1.54) is 12.7 Å². The molecule has 6 heteroatoms. The van der Waals surface area contributed by atoms with E-state index in [0.717, 1.165) is 26.1 Å². The highest BCUT2D eigenvalue weighted by atomic mass is 16.1. The van der Waals surface area contributed by atoms with E-state index in [9.17, 15) is 4.79 Å². The highest BCUT2D eigenvalue weighted by Gasteiger charge is 2.21. The Balaban J connectivity index is 2.20. The Hall–Kier alpha value is -1.56. The zero-order valence-electron chi connectivity index (χ0n) is 11.6. The van der Waals surface area contributed by atoms with Gasteiger partial charge < -0.3 is 20.9 Å². The lowest BCUT2D eigenvalue weighted by Gasteiger charge is -2.29. The summed E-state index contributed by atoms with van der Waals surface area (Å²) in [6.07, 6.45) is 3.79. The zero-order valence-corrected chi connectivity index (χ0v) is 11.6. The summed E-state index contributed by atoms with van der Waals surface area (Å²) in [4.78, 5) is 20.5. The van der Waals surface area contributed by atoms with Crippen LogP contribution in [-0.2, 0) is 0 Å². The van der Waals surface area contributed by atoms with Crippen LogP contribution in [0, 0.1) is 5.92 Å². The van der Waals surface area contributed by atoms with Crippen LogP contribution < -0.4 is 21.5 Å². The predicted octanol–water partition coefficient (Wildman–Crippen LogP) is 0.567. The first kappa shape index (κ1) is 13.9. The van der Waals surface area contributed by atoms with Crippen molar-refractivity contribution in [3.63, 3.8) is 0 Å². The first-order chi connectivity index (χ1) is 9.08. The molecular formula is C13H23N5O. The standard InChI is InChI=1S/C13H23N5O/c1-9(2)6-18(7-10-4-3-5-15-10)12-11(14)13(19)17-8-16-12/h8-10,15H,3-7,14H2,1-2H3,(H,16,17,19). The summed E-state index contributed by atoms with van der Waals surface area (Å²) < 4.78 is 0. The number of nitrogens with zero attached hydrogens (tertiary/aromatic N) is 2. The lowest BCUT2D eigenvalue weighted by molar-refractivity contribution is 0.537. The molecule has 19 heavy (non-hydrogen) atoms. The summed E-state index contributed by atoms with van der Waals surface area (Å²) in [7, 11) is 0. The third kappa shape index (κ3) is 3.47. The van der Waals surface area contributed by atoms with Crippen molar-refractivity contribution in [2.75, 3.05) is 30.3 Å². The molecule has 1 aliphatic rings. The molecule has 1 aromatic heterocycles. The molecule has 4 N–H and O–H groups in total. The average Bonchev–Trinajstić information content (AvgIpc) is 2.84. The Labute approximate surface area is 113 Å². The molecule has 1 aliphatic heterocycles. The summed E-state index contributed by atoms with van der Waals surface area (Å²) in [5.74, 6) is 1.09. The van der Waals surface area contributed by atoms with E-state index in [0.29, 0.717) is 17.8 Å². The van der Waals surface area contributed by atoms with E-state index in [1.54, 1.807) is 0 Å². The van der Waals surface area contributed by atoms with Gasteiger partial charge in [-0.2, -0.15) is 0 Å². The van der Waals surface area contributed by atoms with Gasteiger partial charge in [-0.05, 0) is 25.3 Å². The summed E-state index contributed by atoms with van der Waals surface area (Å²) >= 11 is 0. The second-order valence-electron chi connectivity index (χ2n) is 5.56. The first-order valence-corrected chi connectivity index (χ1v) is 6.89. The van der Waals surface area contributed by atoms with Crippen molar-refractivity contribution in [2.24, 2.45) is 5.92 Å². The molecule has 1 fully saturated rings. The monoisotopic (exact) mass is 265 g/mol. The summed E-state index contributed by atoms with van der Waals surface area (Å²) in [5, 5.41) is 3.47. The number of aromatic amines is 1. The van der Waals surface area contributed by atoms with Crippen LogP contribution >= 0.6 is 0 Å². The van der Waals surface area contributed by atoms with Gasteiger partial charge in [-0.15, -0.1) is 0 Å². The smallest absolute Gasteiger partial charge is 0.276 e. The molecule has 2 heterocycles. The largest absolute Gasteiger partial charge is 0.391 e. The number of nitrogens with one attached hydrogen (secondary N) is 2. The summed E-state index contributed by atoms with van der Waals surface area (Å²) in [6, 6.07) is 0.458. The van der Waals surface area contributed by atoms with Gasteiger partial charge in [0.1, 0.15) is 5.69 Å². The number of rotatable bonds is 5. The SMILES string of the molecule is CC(C)CN(CC1CCCN1)c1nc[nH]c(=O)c1N. The minimum Gasteiger partial charge on any atom is -0.391 e. The highest BCUT2D eigenvalue weighted by Crippen LogP contribution is 2.19. The van der Waals surface area contributed by atoms with Crippen molar-refractivity contribution in [1.82, 2.24) is 15.3 Å². The number of nitrogen functional groups attached to an aromatic ring is 1. The van der Waals surface area contributed by atoms with Crippen molar-refractivity contribution >= 4 is 11.5 Å². The number of hydrogen-bond donors (Lipinski definition) is 3. The fourth-order valence-electron chi connectivity index (χ4n) is 2.52. The minimum absolute atomic E-state index is 0.209. The van der Waals surface area contributed by atoms with Crippen LogP contribution in [-0.4, -0.2) is 35.6 Å². The van der Waals surface area contributed by atoms with Crippen molar-refractivity contribution in [2.45, 2.75) is 32.7 Å². The van der Waals surface area contributed by atoms with Crippen molar-refractivity contribution < 1.29 is 0 Å². The molecule has 0 amide bonds. The maximum absolute atomic E-state index is 11.6. The lowest BCUT2D eigenvalue weighted by atomic mass is 10.1. The fraction of sp³-hybridized carbons (Fsp3) is 0.692. The van der Waals surface area contributed by atoms with E-state index in [1.807, 2.05) is 0 Å². The third-order valence-electron chi connectivity index (χ3n) is 3.36. The fourth-order valence-corrected chi connectivity index (χ4v) is 2.52. The average molecular weight is 265 g/mol. The zero-order chi connectivity index (χ0) is 13.8. The van der Waals surface area contributed by atoms with Gasteiger partial charge in [-0.25, -0.2) is 4.98 Å². The van der Waals surface area contributed by atoms with E-state index < -0.39 is 0 Å². The topological polar surface area (TPSA) is 87.0 Å². The van der Waals surface area contributed by atoms with Gasteiger partial charge in [-0.1, -0.05) is 13.8 Å². The molecule has 0 aliphatic carbocycles.